The molecule has 1 unspecified atom stereocenters. The number of carbonyl (C=O) groups excluding carboxylic acids is 1. The first kappa shape index (κ1) is 21.1. The Morgan fingerprint density at radius 2 is 1.77 bits per heavy atom. The lowest BCUT2D eigenvalue weighted by molar-refractivity contribution is 0.0934. The number of amides is 1. The van der Waals surface area contributed by atoms with Gasteiger partial charge in [-0.05, 0) is 49.0 Å². The van der Waals surface area contributed by atoms with Crippen LogP contribution in [-0.4, -0.2) is 21.0 Å². The molecular weight excluding hydrogens is 436 g/mol. The largest absolute Gasteiger partial charge is 0.339 e. The minimum absolute atomic E-state index is 0.161. The van der Waals surface area contributed by atoms with E-state index < -0.39 is 15.9 Å². The number of carbonyl (C=O) groups is 1. The summed E-state index contributed by atoms with van der Waals surface area (Å²) < 4.78 is -1.83. The molecule has 0 bridgehead atoms. The summed E-state index contributed by atoms with van der Waals surface area (Å²) in [5.41, 5.74) is 1.93. The fraction of sp³-hybridized carbons (Fsp3) is 0.176. The predicted molar refractivity (Wildman–Crippen MR) is 114 cm³/mol. The van der Waals surface area contributed by atoms with Crippen molar-refractivity contribution in [2.45, 2.75) is 16.9 Å². The van der Waals surface area contributed by atoms with Gasteiger partial charge in [0.25, 0.3) is 5.91 Å². The van der Waals surface area contributed by atoms with Crippen LogP contribution in [0.5, 0.6) is 0 Å². The molecule has 2 aromatic carbocycles. The highest BCUT2D eigenvalue weighted by atomic mass is 35.6. The summed E-state index contributed by atoms with van der Waals surface area (Å²) in [5, 5.41) is 9.06. The number of benzene rings is 2. The first-order chi connectivity index (χ1) is 12.2. The van der Waals surface area contributed by atoms with Crippen LogP contribution in [0.4, 0.5) is 5.69 Å². The van der Waals surface area contributed by atoms with E-state index in [-0.39, 0.29) is 5.11 Å². The number of thiocarbonyl (C=S) groups is 1. The summed E-state index contributed by atoms with van der Waals surface area (Å²) >= 11 is 29.1. The SMILES string of the molecule is Cc1ccccc1C(=O)NC(NC(=S)Nc1cccc(Cl)c1)C(Cl)(Cl)Cl. The van der Waals surface area contributed by atoms with Crippen molar-refractivity contribution in [3.63, 3.8) is 0 Å². The monoisotopic (exact) mass is 449 g/mol. The van der Waals surface area contributed by atoms with E-state index >= 15 is 0 Å². The lowest BCUT2D eigenvalue weighted by Crippen LogP contribution is -2.56. The highest BCUT2D eigenvalue weighted by Gasteiger charge is 2.35. The van der Waals surface area contributed by atoms with Crippen LogP contribution >= 0.6 is 58.6 Å². The van der Waals surface area contributed by atoms with E-state index in [1.165, 1.54) is 0 Å². The second-order valence-electron chi connectivity index (χ2n) is 5.37. The summed E-state index contributed by atoms with van der Waals surface area (Å²) in [5.74, 6) is -0.391. The Balaban J connectivity index is 2.09. The minimum atomic E-state index is -1.83. The number of hydrogen-bond donors (Lipinski definition) is 3. The van der Waals surface area contributed by atoms with Gasteiger partial charge in [-0.15, -0.1) is 0 Å². The maximum atomic E-state index is 12.5. The third kappa shape index (κ3) is 6.18. The molecular formula is C17H15Cl4N3OS. The second kappa shape index (κ2) is 9.11. The van der Waals surface area contributed by atoms with E-state index in [0.717, 1.165) is 5.56 Å². The van der Waals surface area contributed by atoms with Crippen LogP contribution in [0.1, 0.15) is 15.9 Å². The van der Waals surface area contributed by atoms with Crippen molar-refractivity contribution in [3.8, 4) is 0 Å². The lowest BCUT2D eigenvalue weighted by Gasteiger charge is -2.28. The Hall–Kier alpha value is -1.24. The molecule has 0 aliphatic heterocycles. The van der Waals surface area contributed by atoms with E-state index in [4.69, 9.17) is 58.6 Å². The van der Waals surface area contributed by atoms with Gasteiger partial charge in [-0.2, -0.15) is 0 Å². The molecule has 0 fully saturated rings. The fourth-order valence-electron chi connectivity index (χ4n) is 2.10. The van der Waals surface area contributed by atoms with Crippen LogP contribution in [0.25, 0.3) is 0 Å². The van der Waals surface area contributed by atoms with E-state index in [2.05, 4.69) is 16.0 Å². The molecule has 4 nitrogen and oxygen atoms in total. The van der Waals surface area contributed by atoms with Gasteiger partial charge in [-0.3, -0.25) is 4.79 Å². The Bertz CT molecular complexity index is 811. The molecule has 3 N–H and O–H groups in total. The first-order valence-electron chi connectivity index (χ1n) is 7.43. The molecule has 0 aliphatic carbocycles. The smallest absolute Gasteiger partial charge is 0.253 e. The molecule has 2 rings (SSSR count). The molecule has 0 heterocycles. The Morgan fingerprint density at radius 1 is 1.08 bits per heavy atom. The maximum absolute atomic E-state index is 12.5. The number of hydrogen-bond acceptors (Lipinski definition) is 2. The highest BCUT2D eigenvalue weighted by Crippen LogP contribution is 2.29. The summed E-state index contributed by atoms with van der Waals surface area (Å²) in [6.07, 6.45) is -1.06. The standard InChI is InChI=1S/C17H15Cl4N3OS/c1-10-5-2-3-8-13(10)14(25)23-15(17(19,20)21)24-16(26)22-12-7-4-6-11(18)9-12/h2-9,15H,1H3,(H,23,25)(H2,22,24,26). The van der Waals surface area contributed by atoms with E-state index in [1.807, 2.05) is 19.1 Å². The van der Waals surface area contributed by atoms with Crippen molar-refractivity contribution in [3.05, 3.63) is 64.7 Å². The van der Waals surface area contributed by atoms with Crippen molar-refractivity contribution < 1.29 is 4.79 Å². The van der Waals surface area contributed by atoms with Crippen LogP contribution in [0.3, 0.4) is 0 Å². The second-order valence-corrected chi connectivity index (χ2v) is 8.59. The van der Waals surface area contributed by atoms with Crippen LogP contribution < -0.4 is 16.0 Å². The number of anilines is 1. The average Bonchev–Trinajstić information content (AvgIpc) is 2.53. The normalized spacial score (nSPS) is 12.2. The molecule has 2 aromatic rings. The van der Waals surface area contributed by atoms with Gasteiger partial charge in [-0.25, -0.2) is 0 Å². The zero-order valence-electron chi connectivity index (χ0n) is 13.5. The minimum Gasteiger partial charge on any atom is -0.339 e. The zero-order valence-corrected chi connectivity index (χ0v) is 17.4. The average molecular weight is 451 g/mol. The fourth-order valence-corrected chi connectivity index (χ4v) is 2.85. The van der Waals surface area contributed by atoms with E-state index in [1.54, 1.807) is 36.4 Å². The topological polar surface area (TPSA) is 53.2 Å². The zero-order chi connectivity index (χ0) is 19.3. The molecule has 0 spiro atoms. The van der Waals surface area contributed by atoms with Crippen molar-refractivity contribution in [2.75, 3.05) is 5.32 Å². The van der Waals surface area contributed by atoms with Crippen molar-refractivity contribution in [2.24, 2.45) is 0 Å². The lowest BCUT2D eigenvalue weighted by atomic mass is 10.1. The molecule has 1 atom stereocenters. The summed E-state index contributed by atoms with van der Waals surface area (Å²) in [6, 6.07) is 14.0. The first-order valence-corrected chi connectivity index (χ1v) is 9.35. The van der Waals surface area contributed by atoms with Gasteiger partial charge < -0.3 is 16.0 Å². The van der Waals surface area contributed by atoms with E-state index in [0.29, 0.717) is 16.3 Å². The molecule has 0 saturated carbocycles. The van der Waals surface area contributed by atoms with Crippen LogP contribution in [-0.2, 0) is 0 Å². The summed E-state index contributed by atoms with van der Waals surface area (Å²) in [7, 11) is 0. The maximum Gasteiger partial charge on any atom is 0.253 e. The van der Waals surface area contributed by atoms with Gasteiger partial charge in [-0.1, -0.05) is 70.7 Å². The summed E-state index contributed by atoms with van der Waals surface area (Å²) in [6.45, 7) is 1.82. The Kier molecular flexibility index (Phi) is 7.38. The number of halogens is 4. The number of rotatable bonds is 4. The van der Waals surface area contributed by atoms with Crippen LogP contribution in [0, 0.1) is 6.92 Å². The third-order valence-corrected chi connectivity index (χ3v) is 4.46. The predicted octanol–water partition coefficient (Wildman–Crippen LogP) is 5.06. The van der Waals surface area contributed by atoms with Gasteiger partial charge in [0.15, 0.2) is 5.11 Å². The van der Waals surface area contributed by atoms with Crippen LogP contribution in [0.15, 0.2) is 48.5 Å². The highest BCUT2D eigenvalue weighted by molar-refractivity contribution is 7.80. The number of aryl methyl sites for hydroxylation is 1. The van der Waals surface area contributed by atoms with Gasteiger partial charge in [0.1, 0.15) is 6.17 Å². The Labute approximate surface area is 177 Å². The number of alkyl halides is 3. The molecule has 0 saturated heterocycles. The Morgan fingerprint density at radius 3 is 2.38 bits per heavy atom. The van der Waals surface area contributed by atoms with Gasteiger partial charge in [0, 0.05) is 16.3 Å². The molecule has 1 amide bonds. The molecule has 26 heavy (non-hydrogen) atoms. The van der Waals surface area contributed by atoms with Crippen molar-refractivity contribution in [1.29, 1.82) is 0 Å². The van der Waals surface area contributed by atoms with Crippen molar-refractivity contribution in [1.82, 2.24) is 10.6 Å². The third-order valence-electron chi connectivity index (χ3n) is 3.35. The quantitative estimate of drug-likeness (QED) is 0.346. The van der Waals surface area contributed by atoms with Gasteiger partial charge in [0.2, 0.25) is 3.79 Å². The van der Waals surface area contributed by atoms with Gasteiger partial charge >= 0.3 is 0 Å². The molecule has 0 aromatic heterocycles. The molecule has 9 heteroatoms. The number of nitrogens with one attached hydrogen (secondary N) is 3. The van der Waals surface area contributed by atoms with E-state index in [9.17, 15) is 4.79 Å². The van der Waals surface area contributed by atoms with Gasteiger partial charge in [0.05, 0.1) is 0 Å². The van der Waals surface area contributed by atoms with Crippen molar-refractivity contribution >= 4 is 75.3 Å². The molecule has 0 radical (unpaired) electrons. The summed E-state index contributed by atoms with van der Waals surface area (Å²) in [4.78, 5) is 12.5. The molecule has 138 valence electrons. The molecule has 0 aliphatic rings. The van der Waals surface area contributed by atoms with Crippen LogP contribution in [0.2, 0.25) is 5.02 Å².